The summed E-state index contributed by atoms with van der Waals surface area (Å²) in [5.41, 5.74) is 2.49. The van der Waals surface area contributed by atoms with E-state index in [4.69, 9.17) is 9.15 Å². The normalized spacial score (nSPS) is 10.7. The average molecular weight is 477 g/mol. The largest absolute Gasteiger partial charge is 0.486 e. The van der Waals surface area contributed by atoms with Crippen LogP contribution < -0.4 is 15.4 Å². The van der Waals surface area contributed by atoms with Gasteiger partial charge in [-0.2, -0.15) is 0 Å². The van der Waals surface area contributed by atoms with E-state index in [1.165, 1.54) is 0 Å². The molecule has 6 nitrogen and oxygen atoms in total. The van der Waals surface area contributed by atoms with Gasteiger partial charge >= 0.3 is 0 Å². The number of hydrogen-bond donors (Lipinski definition) is 2. The van der Waals surface area contributed by atoms with Crippen molar-refractivity contribution < 1.29 is 18.7 Å². The Kier molecular flexibility index (Phi) is 6.49. The first-order valence-electron chi connectivity index (χ1n) is 11.5. The molecule has 6 heteroatoms. The zero-order valence-corrected chi connectivity index (χ0v) is 19.7. The lowest BCUT2D eigenvalue weighted by molar-refractivity contribution is 0.0991. The van der Waals surface area contributed by atoms with Crippen molar-refractivity contribution in [3.05, 3.63) is 126 Å². The van der Waals surface area contributed by atoms with Gasteiger partial charge in [0, 0.05) is 16.9 Å². The fraction of sp³-hybridized carbons (Fsp3) is 0.0667. The fourth-order valence-electron chi connectivity index (χ4n) is 3.86. The van der Waals surface area contributed by atoms with Crippen LogP contribution in [0.2, 0.25) is 0 Å². The van der Waals surface area contributed by atoms with E-state index in [1.807, 2.05) is 67.6 Å². The van der Waals surface area contributed by atoms with E-state index >= 15 is 0 Å². The maximum absolute atomic E-state index is 12.8. The van der Waals surface area contributed by atoms with Gasteiger partial charge in [-0.3, -0.25) is 9.59 Å². The minimum atomic E-state index is -0.387. The Morgan fingerprint density at radius 3 is 2.19 bits per heavy atom. The van der Waals surface area contributed by atoms with Crippen molar-refractivity contribution >= 4 is 34.0 Å². The quantitative estimate of drug-likeness (QED) is 0.270. The number of furan rings is 1. The molecule has 0 atom stereocenters. The van der Waals surface area contributed by atoms with Gasteiger partial charge < -0.3 is 19.8 Å². The van der Waals surface area contributed by atoms with Crippen LogP contribution in [0.15, 0.2) is 108 Å². The summed E-state index contributed by atoms with van der Waals surface area (Å²) < 4.78 is 11.6. The molecule has 2 N–H and O–H groups in total. The van der Waals surface area contributed by atoms with Crippen LogP contribution in [-0.4, -0.2) is 11.8 Å². The summed E-state index contributed by atoms with van der Waals surface area (Å²) in [6.45, 7) is 2.03. The molecular formula is C30H24N2O4. The van der Waals surface area contributed by atoms with Crippen LogP contribution in [-0.2, 0) is 6.61 Å². The van der Waals surface area contributed by atoms with Gasteiger partial charge in [-0.15, -0.1) is 0 Å². The lowest BCUT2D eigenvalue weighted by Crippen LogP contribution is -2.15. The van der Waals surface area contributed by atoms with E-state index in [0.29, 0.717) is 22.7 Å². The molecule has 0 fully saturated rings. The standard InChI is InChI=1S/C30H24N2O4/c1-20-26(31-29(33)22-9-3-2-4-10-22)12-7-13-27(20)32-30(34)28-17-16-25(36-28)19-35-24-15-14-21-8-5-6-11-23(21)18-24/h2-18H,19H2,1H3,(H,31,33)(H,32,34). The van der Waals surface area contributed by atoms with Crippen molar-refractivity contribution in [2.24, 2.45) is 0 Å². The molecule has 0 radical (unpaired) electrons. The molecule has 5 rings (SSSR count). The lowest BCUT2D eigenvalue weighted by atomic mass is 10.1. The molecule has 178 valence electrons. The predicted molar refractivity (Wildman–Crippen MR) is 141 cm³/mol. The summed E-state index contributed by atoms with van der Waals surface area (Å²) in [5.74, 6) is 0.825. The summed E-state index contributed by atoms with van der Waals surface area (Å²) in [4.78, 5) is 25.3. The SMILES string of the molecule is Cc1c(NC(=O)c2ccccc2)cccc1NC(=O)c1ccc(COc2ccc3ccccc3c2)o1. The van der Waals surface area contributed by atoms with Crippen molar-refractivity contribution in [3.8, 4) is 5.75 Å². The molecule has 0 unspecified atom stereocenters. The molecule has 0 aliphatic carbocycles. The highest BCUT2D eigenvalue weighted by atomic mass is 16.5. The third-order valence-corrected chi connectivity index (χ3v) is 5.85. The van der Waals surface area contributed by atoms with Gasteiger partial charge in [-0.1, -0.05) is 54.6 Å². The Balaban J connectivity index is 1.22. The summed E-state index contributed by atoms with van der Waals surface area (Å²) in [5, 5.41) is 7.99. The van der Waals surface area contributed by atoms with Crippen molar-refractivity contribution in [2.45, 2.75) is 13.5 Å². The summed E-state index contributed by atoms with van der Waals surface area (Å²) in [7, 11) is 0. The van der Waals surface area contributed by atoms with Gasteiger partial charge in [0.25, 0.3) is 11.8 Å². The van der Waals surface area contributed by atoms with Gasteiger partial charge in [0.2, 0.25) is 0 Å². The average Bonchev–Trinajstić information content (AvgIpc) is 3.39. The second-order valence-electron chi connectivity index (χ2n) is 8.32. The number of fused-ring (bicyclic) bond motifs is 1. The van der Waals surface area contributed by atoms with Crippen molar-refractivity contribution in [2.75, 3.05) is 10.6 Å². The second-order valence-corrected chi connectivity index (χ2v) is 8.32. The van der Waals surface area contributed by atoms with Gasteiger partial charge in [0.05, 0.1) is 0 Å². The Morgan fingerprint density at radius 2 is 1.42 bits per heavy atom. The van der Waals surface area contributed by atoms with Crippen LogP contribution in [0.3, 0.4) is 0 Å². The topological polar surface area (TPSA) is 80.6 Å². The van der Waals surface area contributed by atoms with Gasteiger partial charge in [-0.25, -0.2) is 0 Å². The maximum atomic E-state index is 12.8. The van der Waals surface area contributed by atoms with Crippen LogP contribution in [0.4, 0.5) is 11.4 Å². The molecule has 36 heavy (non-hydrogen) atoms. The maximum Gasteiger partial charge on any atom is 0.291 e. The number of ether oxygens (including phenoxy) is 1. The number of nitrogens with one attached hydrogen (secondary N) is 2. The van der Waals surface area contributed by atoms with E-state index in [9.17, 15) is 9.59 Å². The van der Waals surface area contributed by atoms with E-state index in [0.717, 1.165) is 22.1 Å². The molecule has 0 bridgehead atoms. The zero-order chi connectivity index (χ0) is 24.9. The first-order chi connectivity index (χ1) is 17.6. The summed E-state index contributed by atoms with van der Waals surface area (Å²) in [6, 6.07) is 31.6. The first kappa shape index (κ1) is 22.9. The molecule has 4 aromatic carbocycles. The van der Waals surface area contributed by atoms with Crippen LogP contribution in [0.5, 0.6) is 5.75 Å². The van der Waals surface area contributed by atoms with E-state index < -0.39 is 0 Å². The highest BCUT2D eigenvalue weighted by Crippen LogP contribution is 2.25. The number of benzene rings is 4. The molecule has 0 aliphatic rings. The highest BCUT2D eigenvalue weighted by Gasteiger charge is 2.15. The second kappa shape index (κ2) is 10.2. The van der Waals surface area contributed by atoms with Gasteiger partial charge in [-0.05, 0) is 71.8 Å². The van der Waals surface area contributed by atoms with Crippen molar-refractivity contribution in [3.63, 3.8) is 0 Å². The summed E-state index contributed by atoms with van der Waals surface area (Å²) >= 11 is 0. The highest BCUT2D eigenvalue weighted by molar-refractivity contribution is 6.06. The molecule has 0 saturated carbocycles. The minimum absolute atomic E-state index is 0.172. The molecule has 5 aromatic rings. The van der Waals surface area contributed by atoms with E-state index in [2.05, 4.69) is 10.6 Å². The third kappa shape index (κ3) is 5.13. The van der Waals surface area contributed by atoms with Crippen molar-refractivity contribution in [1.29, 1.82) is 0 Å². The van der Waals surface area contributed by atoms with Crippen LogP contribution >= 0.6 is 0 Å². The van der Waals surface area contributed by atoms with Gasteiger partial charge in [0.1, 0.15) is 18.1 Å². The Bertz CT molecular complexity index is 1540. The van der Waals surface area contributed by atoms with Crippen molar-refractivity contribution in [1.82, 2.24) is 0 Å². The molecule has 1 aromatic heterocycles. The Morgan fingerprint density at radius 1 is 0.722 bits per heavy atom. The first-order valence-corrected chi connectivity index (χ1v) is 11.5. The summed E-state index contributed by atoms with van der Waals surface area (Å²) in [6.07, 6.45) is 0. The number of carbonyl (C=O) groups excluding carboxylic acids is 2. The number of carbonyl (C=O) groups is 2. The van der Waals surface area contributed by atoms with E-state index in [-0.39, 0.29) is 24.2 Å². The van der Waals surface area contributed by atoms with Gasteiger partial charge in [0.15, 0.2) is 5.76 Å². The molecule has 0 aliphatic heterocycles. The number of rotatable bonds is 7. The molecule has 0 saturated heterocycles. The monoisotopic (exact) mass is 476 g/mol. The molecule has 0 spiro atoms. The number of anilines is 2. The number of amides is 2. The predicted octanol–water partition coefficient (Wildman–Crippen LogP) is 6.82. The van der Waals surface area contributed by atoms with Crippen LogP contribution in [0.1, 0.15) is 32.2 Å². The van der Waals surface area contributed by atoms with Crippen LogP contribution in [0, 0.1) is 6.92 Å². The van der Waals surface area contributed by atoms with Crippen LogP contribution in [0.25, 0.3) is 10.8 Å². The molecule has 1 heterocycles. The Labute approximate surface area is 208 Å². The smallest absolute Gasteiger partial charge is 0.291 e. The minimum Gasteiger partial charge on any atom is -0.486 e. The van der Waals surface area contributed by atoms with E-state index in [1.54, 1.807) is 42.5 Å². The molecular weight excluding hydrogens is 452 g/mol. The molecule has 2 amide bonds. The zero-order valence-electron chi connectivity index (χ0n) is 19.7. The fourth-order valence-corrected chi connectivity index (χ4v) is 3.86. The Hall–Kier alpha value is -4.84. The lowest BCUT2D eigenvalue weighted by Gasteiger charge is -2.13. The third-order valence-electron chi connectivity index (χ3n) is 5.85. The number of hydrogen-bond acceptors (Lipinski definition) is 4.